The second-order valence-electron chi connectivity index (χ2n) is 5.69. The maximum atomic E-state index is 12.4. The molecule has 0 radical (unpaired) electrons. The van der Waals surface area contributed by atoms with Crippen LogP contribution in [0, 0.1) is 5.92 Å². The summed E-state index contributed by atoms with van der Waals surface area (Å²) >= 11 is 0. The molecule has 1 aliphatic heterocycles. The number of nitrogens with zero attached hydrogens (tertiary/aromatic N) is 1. The summed E-state index contributed by atoms with van der Waals surface area (Å²) < 4.78 is 29.4. The van der Waals surface area contributed by atoms with Crippen LogP contribution in [0.2, 0.25) is 0 Å². The highest BCUT2D eigenvalue weighted by molar-refractivity contribution is 7.87. The van der Waals surface area contributed by atoms with E-state index in [1.807, 2.05) is 6.92 Å². The summed E-state index contributed by atoms with van der Waals surface area (Å²) in [6.45, 7) is 9.35. The maximum Gasteiger partial charge on any atom is 0.279 e. The molecule has 1 fully saturated rings. The molecule has 5 nitrogen and oxygen atoms in total. The Morgan fingerprint density at radius 2 is 2.05 bits per heavy atom. The van der Waals surface area contributed by atoms with Crippen molar-refractivity contribution in [3.8, 4) is 0 Å². The Kier molecular flexibility index (Phi) is 8.02. The molecule has 1 heterocycles. The lowest BCUT2D eigenvalue weighted by Gasteiger charge is -2.33. The number of hydrogen-bond acceptors (Lipinski definition) is 3. The number of rotatable bonds is 9. The summed E-state index contributed by atoms with van der Waals surface area (Å²) in [6, 6.07) is 0.0687. The minimum absolute atomic E-state index is 0.0687. The van der Waals surface area contributed by atoms with Gasteiger partial charge in [-0.3, -0.25) is 0 Å². The fraction of sp³-hybridized carbons (Fsp3) is 1.00. The van der Waals surface area contributed by atoms with Gasteiger partial charge in [-0.15, -0.1) is 0 Å². The lowest BCUT2D eigenvalue weighted by molar-refractivity contribution is 0.257. The zero-order valence-electron chi connectivity index (χ0n) is 13.2. The van der Waals surface area contributed by atoms with E-state index in [4.69, 9.17) is 0 Å². The molecule has 0 saturated carbocycles. The summed E-state index contributed by atoms with van der Waals surface area (Å²) in [5.74, 6) is 0.437. The summed E-state index contributed by atoms with van der Waals surface area (Å²) in [4.78, 5) is 0. The molecule has 0 spiro atoms. The Morgan fingerprint density at radius 3 is 2.65 bits per heavy atom. The second-order valence-corrected chi connectivity index (χ2v) is 7.39. The molecule has 2 unspecified atom stereocenters. The highest BCUT2D eigenvalue weighted by Crippen LogP contribution is 2.18. The topological polar surface area (TPSA) is 61.4 Å². The molecule has 2 N–H and O–H groups in total. The Bertz CT molecular complexity index is 359. The van der Waals surface area contributed by atoms with Crippen molar-refractivity contribution in [2.24, 2.45) is 5.92 Å². The van der Waals surface area contributed by atoms with E-state index in [2.05, 4.69) is 23.9 Å². The van der Waals surface area contributed by atoms with Gasteiger partial charge < -0.3 is 5.32 Å². The largest absolute Gasteiger partial charge is 0.317 e. The average Bonchev–Trinajstić information content (AvgIpc) is 2.44. The Hall–Kier alpha value is -0.170. The van der Waals surface area contributed by atoms with Crippen LogP contribution >= 0.6 is 0 Å². The quantitative estimate of drug-likeness (QED) is 0.682. The van der Waals surface area contributed by atoms with E-state index in [1.54, 1.807) is 4.31 Å². The molecule has 1 rings (SSSR count). The van der Waals surface area contributed by atoms with E-state index in [1.165, 1.54) is 0 Å². The van der Waals surface area contributed by atoms with Crippen LogP contribution in [0.1, 0.15) is 52.9 Å². The van der Waals surface area contributed by atoms with Crippen LogP contribution in [-0.2, 0) is 10.2 Å². The fourth-order valence-electron chi connectivity index (χ4n) is 2.74. The molecule has 0 aliphatic carbocycles. The number of piperidine rings is 1. The van der Waals surface area contributed by atoms with Crippen LogP contribution in [0.15, 0.2) is 0 Å². The van der Waals surface area contributed by atoms with Crippen LogP contribution in [0.25, 0.3) is 0 Å². The molecule has 1 saturated heterocycles. The van der Waals surface area contributed by atoms with Crippen molar-refractivity contribution in [1.29, 1.82) is 0 Å². The van der Waals surface area contributed by atoms with Gasteiger partial charge in [0.25, 0.3) is 10.2 Å². The van der Waals surface area contributed by atoms with Crippen molar-refractivity contribution in [2.45, 2.75) is 58.9 Å². The van der Waals surface area contributed by atoms with Crippen molar-refractivity contribution < 1.29 is 8.42 Å². The van der Waals surface area contributed by atoms with Crippen molar-refractivity contribution in [3.63, 3.8) is 0 Å². The molecule has 0 bridgehead atoms. The van der Waals surface area contributed by atoms with Gasteiger partial charge in [-0.05, 0) is 44.7 Å². The molecule has 120 valence electrons. The summed E-state index contributed by atoms with van der Waals surface area (Å²) in [6.07, 6.45) is 4.84. The van der Waals surface area contributed by atoms with Crippen molar-refractivity contribution in [1.82, 2.24) is 14.3 Å². The standard InChI is InChI=1S/C14H31N3O2S/c1-4-8-14(5-2)16-20(18,19)17-10-7-9-13(12-17)11-15-6-3/h13-16H,4-12H2,1-3H3. The van der Waals surface area contributed by atoms with E-state index in [-0.39, 0.29) is 6.04 Å². The Labute approximate surface area is 124 Å². The number of nitrogens with one attached hydrogen (secondary N) is 2. The maximum absolute atomic E-state index is 12.4. The molecule has 0 aromatic rings. The summed E-state index contributed by atoms with van der Waals surface area (Å²) in [5, 5.41) is 3.32. The van der Waals surface area contributed by atoms with Gasteiger partial charge in [0.1, 0.15) is 0 Å². The highest BCUT2D eigenvalue weighted by atomic mass is 32.2. The van der Waals surface area contributed by atoms with Gasteiger partial charge in [-0.25, -0.2) is 0 Å². The van der Waals surface area contributed by atoms with Crippen LogP contribution in [0.3, 0.4) is 0 Å². The molecule has 0 amide bonds. The van der Waals surface area contributed by atoms with Crippen LogP contribution in [0.5, 0.6) is 0 Å². The van der Waals surface area contributed by atoms with Gasteiger partial charge >= 0.3 is 0 Å². The van der Waals surface area contributed by atoms with Crippen LogP contribution in [-0.4, -0.2) is 44.9 Å². The third kappa shape index (κ3) is 5.68. The average molecular weight is 305 g/mol. The van der Waals surface area contributed by atoms with E-state index < -0.39 is 10.2 Å². The van der Waals surface area contributed by atoms with Crippen molar-refractivity contribution in [3.05, 3.63) is 0 Å². The molecule has 2 atom stereocenters. The predicted octanol–water partition coefficient (Wildman–Crippen LogP) is 1.72. The normalized spacial score (nSPS) is 22.9. The Balaban J connectivity index is 2.57. The minimum Gasteiger partial charge on any atom is -0.317 e. The van der Waals surface area contributed by atoms with Gasteiger partial charge in [0.05, 0.1) is 0 Å². The van der Waals surface area contributed by atoms with Crippen molar-refractivity contribution in [2.75, 3.05) is 26.2 Å². The first-order valence-corrected chi connectivity index (χ1v) is 9.45. The van der Waals surface area contributed by atoms with E-state index in [0.717, 1.165) is 45.2 Å². The van der Waals surface area contributed by atoms with Crippen LogP contribution < -0.4 is 10.0 Å². The SMILES string of the molecule is CCCC(CC)NS(=O)(=O)N1CCCC(CNCC)C1. The lowest BCUT2D eigenvalue weighted by Crippen LogP contribution is -2.50. The summed E-state index contributed by atoms with van der Waals surface area (Å²) in [5.41, 5.74) is 0. The van der Waals surface area contributed by atoms with Gasteiger partial charge in [-0.2, -0.15) is 17.4 Å². The minimum atomic E-state index is -3.32. The zero-order valence-corrected chi connectivity index (χ0v) is 14.0. The third-order valence-electron chi connectivity index (χ3n) is 3.95. The number of hydrogen-bond donors (Lipinski definition) is 2. The van der Waals surface area contributed by atoms with E-state index >= 15 is 0 Å². The molecular weight excluding hydrogens is 274 g/mol. The van der Waals surface area contributed by atoms with E-state index in [9.17, 15) is 8.42 Å². The Morgan fingerprint density at radius 1 is 1.30 bits per heavy atom. The first kappa shape index (κ1) is 17.9. The predicted molar refractivity (Wildman–Crippen MR) is 83.9 cm³/mol. The summed E-state index contributed by atoms with van der Waals surface area (Å²) in [7, 11) is -3.32. The zero-order chi connectivity index (χ0) is 15.0. The third-order valence-corrected chi connectivity index (χ3v) is 5.59. The van der Waals surface area contributed by atoms with Crippen molar-refractivity contribution >= 4 is 10.2 Å². The first-order valence-electron chi connectivity index (χ1n) is 8.01. The van der Waals surface area contributed by atoms with Crippen LogP contribution in [0.4, 0.5) is 0 Å². The van der Waals surface area contributed by atoms with Gasteiger partial charge in [0.15, 0.2) is 0 Å². The lowest BCUT2D eigenvalue weighted by atomic mass is 10.00. The second kappa shape index (κ2) is 8.97. The molecule has 0 aromatic carbocycles. The smallest absolute Gasteiger partial charge is 0.279 e. The first-order chi connectivity index (χ1) is 9.53. The molecule has 6 heteroatoms. The van der Waals surface area contributed by atoms with E-state index in [0.29, 0.717) is 19.0 Å². The molecular formula is C14H31N3O2S. The van der Waals surface area contributed by atoms with Gasteiger partial charge in [0, 0.05) is 19.1 Å². The van der Waals surface area contributed by atoms with Gasteiger partial charge in [0.2, 0.25) is 0 Å². The molecule has 1 aliphatic rings. The molecule has 20 heavy (non-hydrogen) atoms. The highest BCUT2D eigenvalue weighted by Gasteiger charge is 2.29. The fourth-order valence-corrected chi connectivity index (χ4v) is 4.37. The van der Waals surface area contributed by atoms with Gasteiger partial charge in [-0.1, -0.05) is 27.2 Å². The monoisotopic (exact) mass is 305 g/mol. The molecule has 0 aromatic heterocycles.